The number of para-hydroxylation sites is 1. The Morgan fingerprint density at radius 3 is 2.78 bits per heavy atom. The lowest BCUT2D eigenvalue weighted by Crippen LogP contribution is -2.20. The second kappa shape index (κ2) is 6.60. The summed E-state index contributed by atoms with van der Waals surface area (Å²) in [7, 11) is 3.68. The van der Waals surface area contributed by atoms with Crippen molar-refractivity contribution in [1.82, 2.24) is 4.90 Å². The van der Waals surface area contributed by atoms with Gasteiger partial charge in [-0.3, -0.25) is 4.90 Å². The Morgan fingerprint density at radius 1 is 1.17 bits per heavy atom. The molecule has 3 nitrogen and oxygen atoms in total. The summed E-state index contributed by atoms with van der Waals surface area (Å²) in [5, 5.41) is 0. The van der Waals surface area contributed by atoms with Crippen LogP contribution in [0.15, 0.2) is 42.5 Å². The first-order valence-electron chi connectivity index (χ1n) is 7.49. The van der Waals surface area contributed by atoms with E-state index in [0.29, 0.717) is 6.54 Å². The Kier molecular flexibility index (Phi) is 4.36. The second-order valence-corrected chi connectivity index (χ2v) is 5.55. The average molecular weight is 305 g/mol. The normalized spacial score (nSPS) is 12.3. The van der Waals surface area contributed by atoms with Crippen molar-refractivity contribution in [2.45, 2.75) is 0 Å². The average Bonchev–Trinajstić information content (AvgIpc) is 2.71. The minimum absolute atomic E-state index is 0.596. The van der Waals surface area contributed by atoms with Crippen LogP contribution in [0.3, 0.4) is 0 Å². The Balaban J connectivity index is 2.10. The lowest BCUT2D eigenvalue weighted by molar-refractivity contribution is 0.411. The number of terminal acetylenes is 1. The van der Waals surface area contributed by atoms with Crippen LogP contribution in [0, 0.1) is 12.3 Å². The predicted molar refractivity (Wildman–Crippen MR) is 93.7 cm³/mol. The highest BCUT2D eigenvalue weighted by Crippen LogP contribution is 2.39. The van der Waals surface area contributed by atoms with Crippen molar-refractivity contribution in [2.75, 3.05) is 27.2 Å². The maximum absolute atomic E-state index is 6.11. The third-order valence-corrected chi connectivity index (χ3v) is 3.80. The highest BCUT2D eigenvalue weighted by atomic mass is 16.5. The number of fused-ring (bicyclic) bond motifs is 2. The number of rotatable bonds is 4. The van der Waals surface area contributed by atoms with Gasteiger partial charge in [0.2, 0.25) is 0 Å². The van der Waals surface area contributed by atoms with E-state index in [-0.39, 0.29) is 0 Å². The van der Waals surface area contributed by atoms with Crippen molar-refractivity contribution in [3.05, 3.63) is 53.6 Å². The van der Waals surface area contributed by atoms with Crippen LogP contribution in [0.25, 0.3) is 11.6 Å². The van der Waals surface area contributed by atoms with E-state index in [0.717, 1.165) is 40.5 Å². The number of ether oxygens (including phenoxy) is 2. The number of hydrogen-bond acceptors (Lipinski definition) is 3. The third-order valence-electron chi connectivity index (χ3n) is 3.80. The standard InChI is InChI=1S/C20H19NO2/c1-4-11-21(2)14-16-12-15-7-5-6-8-19(15)23-20-10-9-17(22-3)13-18(16)20/h1,5-10,12-13H,11,14H2,2-3H3. The van der Waals surface area contributed by atoms with Gasteiger partial charge in [-0.1, -0.05) is 24.1 Å². The topological polar surface area (TPSA) is 21.7 Å². The maximum atomic E-state index is 6.11. The quantitative estimate of drug-likeness (QED) is 0.800. The van der Waals surface area contributed by atoms with E-state index < -0.39 is 0 Å². The smallest absolute Gasteiger partial charge is 0.135 e. The monoisotopic (exact) mass is 305 g/mol. The summed E-state index contributed by atoms with van der Waals surface area (Å²) in [6, 6.07) is 13.9. The summed E-state index contributed by atoms with van der Waals surface area (Å²) in [4.78, 5) is 2.10. The molecule has 0 atom stereocenters. The van der Waals surface area contributed by atoms with Gasteiger partial charge >= 0.3 is 0 Å². The lowest BCUT2D eigenvalue weighted by atomic mass is 10.0. The van der Waals surface area contributed by atoms with Crippen molar-refractivity contribution in [3.63, 3.8) is 0 Å². The van der Waals surface area contributed by atoms with Gasteiger partial charge in [0.25, 0.3) is 0 Å². The first-order valence-corrected chi connectivity index (χ1v) is 7.49. The van der Waals surface area contributed by atoms with Gasteiger partial charge in [-0.15, -0.1) is 6.42 Å². The van der Waals surface area contributed by atoms with E-state index in [1.54, 1.807) is 7.11 Å². The Labute approximate surface area is 137 Å². The molecule has 1 heterocycles. The molecule has 2 aromatic carbocycles. The summed E-state index contributed by atoms with van der Waals surface area (Å²) in [6.07, 6.45) is 7.59. The highest BCUT2D eigenvalue weighted by Gasteiger charge is 2.18. The zero-order valence-electron chi connectivity index (χ0n) is 13.4. The largest absolute Gasteiger partial charge is 0.497 e. The molecule has 0 N–H and O–H groups in total. The molecule has 0 spiro atoms. The van der Waals surface area contributed by atoms with E-state index in [1.807, 2.05) is 43.4 Å². The Hall–Kier alpha value is -2.70. The van der Waals surface area contributed by atoms with E-state index in [9.17, 15) is 0 Å². The predicted octanol–water partition coefficient (Wildman–Crippen LogP) is 3.91. The Morgan fingerprint density at radius 2 is 2.00 bits per heavy atom. The van der Waals surface area contributed by atoms with Crippen LogP contribution in [0.5, 0.6) is 17.2 Å². The summed E-state index contributed by atoms with van der Waals surface area (Å²) in [6.45, 7) is 1.33. The van der Waals surface area contributed by atoms with Gasteiger partial charge in [-0.25, -0.2) is 0 Å². The number of likely N-dealkylation sites (N-methyl/N-ethyl adjacent to an activating group) is 1. The minimum Gasteiger partial charge on any atom is -0.497 e. The van der Waals surface area contributed by atoms with E-state index in [1.165, 1.54) is 0 Å². The number of benzene rings is 2. The first kappa shape index (κ1) is 15.2. The zero-order chi connectivity index (χ0) is 16.2. The van der Waals surface area contributed by atoms with Crippen LogP contribution >= 0.6 is 0 Å². The molecule has 2 aromatic rings. The molecule has 3 rings (SSSR count). The molecule has 0 saturated heterocycles. The molecule has 0 aliphatic carbocycles. The van der Waals surface area contributed by atoms with Crippen LogP contribution in [-0.4, -0.2) is 32.1 Å². The molecule has 0 saturated carbocycles. The van der Waals surface area contributed by atoms with Gasteiger partial charge in [0, 0.05) is 17.7 Å². The SMILES string of the molecule is C#CCN(C)CC1=Cc2ccccc2Oc2ccc(OC)cc21. The van der Waals surface area contributed by atoms with Crippen molar-refractivity contribution in [3.8, 4) is 29.6 Å². The number of hydrogen-bond donors (Lipinski definition) is 0. The molecular formula is C20H19NO2. The summed E-state index contributed by atoms with van der Waals surface area (Å²) >= 11 is 0. The zero-order valence-corrected chi connectivity index (χ0v) is 13.4. The summed E-state index contributed by atoms with van der Waals surface area (Å²) in [5.41, 5.74) is 3.25. The molecule has 0 bridgehead atoms. The fourth-order valence-electron chi connectivity index (χ4n) is 2.69. The van der Waals surface area contributed by atoms with Gasteiger partial charge < -0.3 is 9.47 Å². The van der Waals surface area contributed by atoms with Crippen molar-refractivity contribution in [2.24, 2.45) is 0 Å². The van der Waals surface area contributed by atoms with Crippen LogP contribution in [-0.2, 0) is 0 Å². The summed E-state index contributed by atoms with van der Waals surface area (Å²) < 4.78 is 11.5. The lowest BCUT2D eigenvalue weighted by Gasteiger charge is -2.17. The molecule has 0 amide bonds. The number of nitrogens with zero attached hydrogens (tertiary/aromatic N) is 1. The van der Waals surface area contributed by atoms with E-state index in [2.05, 4.69) is 23.0 Å². The van der Waals surface area contributed by atoms with Gasteiger partial charge in [0.05, 0.1) is 13.7 Å². The van der Waals surface area contributed by atoms with Crippen molar-refractivity contribution >= 4 is 11.6 Å². The molecule has 1 aliphatic heterocycles. The van der Waals surface area contributed by atoms with Crippen LogP contribution in [0.2, 0.25) is 0 Å². The van der Waals surface area contributed by atoms with Crippen molar-refractivity contribution in [1.29, 1.82) is 0 Å². The van der Waals surface area contributed by atoms with Gasteiger partial charge in [0.15, 0.2) is 0 Å². The molecule has 3 heteroatoms. The first-order chi connectivity index (χ1) is 11.2. The molecule has 23 heavy (non-hydrogen) atoms. The maximum Gasteiger partial charge on any atom is 0.135 e. The van der Waals surface area contributed by atoms with Gasteiger partial charge in [-0.2, -0.15) is 0 Å². The van der Waals surface area contributed by atoms with Crippen LogP contribution in [0.4, 0.5) is 0 Å². The Bertz CT molecular complexity index is 786. The van der Waals surface area contributed by atoms with E-state index in [4.69, 9.17) is 15.9 Å². The van der Waals surface area contributed by atoms with E-state index >= 15 is 0 Å². The molecule has 116 valence electrons. The fraction of sp³-hybridized carbons (Fsp3) is 0.200. The molecule has 0 fully saturated rings. The van der Waals surface area contributed by atoms with Gasteiger partial charge in [0.1, 0.15) is 17.2 Å². The van der Waals surface area contributed by atoms with Crippen LogP contribution < -0.4 is 9.47 Å². The highest BCUT2D eigenvalue weighted by molar-refractivity contribution is 5.88. The molecule has 0 radical (unpaired) electrons. The molecule has 0 aromatic heterocycles. The molecular weight excluding hydrogens is 286 g/mol. The second-order valence-electron chi connectivity index (χ2n) is 5.55. The number of methoxy groups -OCH3 is 1. The van der Waals surface area contributed by atoms with Crippen LogP contribution in [0.1, 0.15) is 11.1 Å². The minimum atomic E-state index is 0.596. The third kappa shape index (κ3) is 3.23. The molecule has 0 unspecified atom stereocenters. The summed E-state index contributed by atoms with van der Waals surface area (Å²) in [5.74, 6) is 5.18. The van der Waals surface area contributed by atoms with Gasteiger partial charge in [-0.05, 0) is 43.0 Å². The fourth-order valence-corrected chi connectivity index (χ4v) is 2.69. The van der Waals surface area contributed by atoms with Crippen molar-refractivity contribution < 1.29 is 9.47 Å². The molecule has 1 aliphatic rings.